The number of ether oxygens (including phenoxy) is 2. The van der Waals surface area contributed by atoms with Crippen molar-refractivity contribution < 1.29 is 24.1 Å². The van der Waals surface area contributed by atoms with E-state index in [-0.39, 0.29) is 11.9 Å². The number of anilines is 1. The van der Waals surface area contributed by atoms with Gasteiger partial charge in [-0.1, -0.05) is 36.4 Å². The van der Waals surface area contributed by atoms with Crippen molar-refractivity contribution >= 4 is 17.7 Å². The smallest absolute Gasteiger partial charge is 0.282 e. The highest BCUT2D eigenvalue weighted by molar-refractivity contribution is 5.93. The van der Waals surface area contributed by atoms with Crippen LogP contribution in [0, 0.1) is 0 Å². The second kappa shape index (κ2) is 9.78. The van der Waals surface area contributed by atoms with E-state index in [9.17, 15) is 4.79 Å². The fourth-order valence-electron chi connectivity index (χ4n) is 4.04. The standard InChI is InChI=1S/C24H29N3O3/c1-19(24(28)25-21-9-10-22-23(18-21)30-17-16-29-22)27-14-12-26(13-15-27)11-5-8-20-6-3-2-4-7-20/h2-10,18-19H,11-17H2,1H3,(H,25,28)/p+2/b8-5+/t19-/m0/s1. The number of benzene rings is 2. The Kier molecular flexibility index (Phi) is 6.67. The van der Waals surface area contributed by atoms with Crippen LogP contribution in [0.2, 0.25) is 0 Å². The molecule has 1 amide bonds. The van der Waals surface area contributed by atoms with Crippen LogP contribution in [0.4, 0.5) is 5.69 Å². The van der Waals surface area contributed by atoms with Gasteiger partial charge in [0.15, 0.2) is 17.5 Å². The Morgan fingerprint density at radius 1 is 1.03 bits per heavy atom. The van der Waals surface area contributed by atoms with Crippen LogP contribution in [0.5, 0.6) is 11.5 Å². The van der Waals surface area contributed by atoms with E-state index in [0.717, 1.165) is 44.2 Å². The first-order valence-electron chi connectivity index (χ1n) is 10.8. The summed E-state index contributed by atoms with van der Waals surface area (Å²) < 4.78 is 11.1. The second-order valence-electron chi connectivity index (χ2n) is 7.99. The van der Waals surface area contributed by atoms with Crippen LogP contribution in [0.3, 0.4) is 0 Å². The highest BCUT2D eigenvalue weighted by atomic mass is 16.6. The molecular weight excluding hydrogens is 378 g/mol. The van der Waals surface area contributed by atoms with Gasteiger partial charge in [-0.3, -0.25) is 4.79 Å². The molecule has 1 fully saturated rings. The van der Waals surface area contributed by atoms with Gasteiger partial charge in [0.25, 0.3) is 5.91 Å². The second-order valence-corrected chi connectivity index (χ2v) is 7.99. The molecule has 0 saturated carbocycles. The third-order valence-corrected chi connectivity index (χ3v) is 5.93. The van der Waals surface area contributed by atoms with Crippen molar-refractivity contribution in [3.8, 4) is 11.5 Å². The highest BCUT2D eigenvalue weighted by Gasteiger charge is 2.30. The monoisotopic (exact) mass is 409 g/mol. The van der Waals surface area contributed by atoms with E-state index < -0.39 is 0 Å². The Labute approximate surface area is 178 Å². The fourth-order valence-corrected chi connectivity index (χ4v) is 4.04. The lowest BCUT2D eigenvalue weighted by molar-refractivity contribution is -1.02. The van der Waals surface area contributed by atoms with Crippen molar-refractivity contribution in [2.75, 3.05) is 51.3 Å². The van der Waals surface area contributed by atoms with E-state index in [4.69, 9.17) is 9.47 Å². The minimum Gasteiger partial charge on any atom is -0.486 e. The average molecular weight is 410 g/mol. The molecule has 2 heterocycles. The van der Waals surface area contributed by atoms with Gasteiger partial charge in [-0.15, -0.1) is 0 Å². The van der Waals surface area contributed by atoms with Crippen molar-refractivity contribution in [2.24, 2.45) is 0 Å². The van der Waals surface area contributed by atoms with Crippen LogP contribution in [0.25, 0.3) is 6.08 Å². The van der Waals surface area contributed by atoms with Gasteiger partial charge < -0.3 is 24.6 Å². The summed E-state index contributed by atoms with van der Waals surface area (Å²) in [6, 6.07) is 15.9. The fraction of sp³-hybridized carbons (Fsp3) is 0.375. The minimum absolute atomic E-state index is 0.0501. The number of hydrogen-bond acceptors (Lipinski definition) is 3. The number of fused-ring (bicyclic) bond motifs is 1. The van der Waals surface area contributed by atoms with Crippen molar-refractivity contribution in [3.63, 3.8) is 0 Å². The van der Waals surface area contributed by atoms with Crippen molar-refractivity contribution in [2.45, 2.75) is 13.0 Å². The first kappa shape index (κ1) is 20.4. The maximum absolute atomic E-state index is 12.8. The molecule has 2 aliphatic heterocycles. The molecule has 158 valence electrons. The number of nitrogens with one attached hydrogen (secondary N) is 3. The first-order chi connectivity index (χ1) is 14.7. The summed E-state index contributed by atoms with van der Waals surface area (Å²) >= 11 is 0. The summed E-state index contributed by atoms with van der Waals surface area (Å²) in [5.41, 5.74) is 2.00. The normalized spacial score (nSPS) is 21.9. The number of carbonyl (C=O) groups excluding carboxylic acids is 1. The number of piperazine rings is 1. The maximum atomic E-state index is 12.8. The Morgan fingerprint density at radius 3 is 2.53 bits per heavy atom. The first-order valence-corrected chi connectivity index (χ1v) is 10.8. The van der Waals surface area contributed by atoms with Crippen LogP contribution in [-0.4, -0.2) is 57.9 Å². The molecule has 2 aliphatic rings. The third-order valence-electron chi connectivity index (χ3n) is 5.93. The molecule has 1 atom stereocenters. The average Bonchev–Trinajstić information content (AvgIpc) is 2.80. The molecule has 2 aromatic rings. The van der Waals surface area contributed by atoms with Crippen LogP contribution in [0.15, 0.2) is 54.6 Å². The molecule has 0 spiro atoms. The lowest BCUT2D eigenvalue weighted by Gasteiger charge is -2.32. The Hall–Kier alpha value is -2.83. The zero-order valence-corrected chi connectivity index (χ0v) is 17.5. The van der Waals surface area contributed by atoms with E-state index in [1.165, 1.54) is 10.5 Å². The summed E-state index contributed by atoms with van der Waals surface area (Å²) in [6.07, 6.45) is 4.45. The van der Waals surface area contributed by atoms with Gasteiger partial charge in [-0.05, 0) is 30.7 Å². The molecule has 30 heavy (non-hydrogen) atoms. The molecule has 0 unspecified atom stereocenters. The predicted octanol–water partition coefficient (Wildman–Crippen LogP) is 0.282. The zero-order valence-electron chi connectivity index (χ0n) is 17.5. The molecule has 4 rings (SSSR count). The summed E-state index contributed by atoms with van der Waals surface area (Å²) in [7, 11) is 0. The van der Waals surface area contributed by atoms with Crippen LogP contribution in [0.1, 0.15) is 12.5 Å². The van der Waals surface area contributed by atoms with Gasteiger partial charge in [0.2, 0.25) is 0 Å². The number of carbonyl (C=O) groups is 1. The molecule has 6 heteroatoms. The Bertz CT molecular complexity index is 877. The highest BCUT2D eigenvalue weighted by Crippen LogP contribution is 2.32. The van der Waals surface area contributed by atoms with E-state index >= 15 is 0 Å². The van der Waals surface area contributed by atoms with Gasteiger partial charge in [-0.25, -0.2) is 0 Å². The SMILES string of the molecule is C[C@@H](C(=O)Nc1ccc2c(c1)OCCO2)[NH+]1CC[NH+](C/C=C/c2ccccc2)CC1. The summed E-state index contributed by atoms with van der Waals surface area (Å²) in [5.74, 6) is 1.48. The quantitative estimate of drug-likeness (QED) is 0.643. The number of rotatable bonds is 6. The van der Waals surface area contributed by atoms with Crippen LogP contribution >= 0.6 is 0 Å². The molecule has 0 radical (unpaired) electrons. The summed E-state index contributed by atoms with van der Waals surface area (Å²) in [4.78, 5) is 15.7. The topological polar surface area (TPSA) is 56.4 Å². The number of amides is 1. The lowest BCUT2D eigenvalue weighted by Crippen LogP contribution is -3.29. The Balaban J connectivity index is 1.24. The molecular formula is C24H31N3O3+2. The molecule has 0 aliphatic carbocycles. The van der Waals surface area contributed by atoms with Crippen LogP contribution < -0.4 is 24.6 Å². The van der Waals surface area contributed by atoms with Gasteiger partial charge >= 0.3 is 0 Å². The van der Waals surface area contributed by atoms with Crippen LogP contribution in [-0.2, 0) is 4.79 Å². The molecule has 0 aromatic heterocycles. The van der Waals surface area contributed by atoms with Crippen molar-refractivity contribution in [1.29, 1.82) is 0 Å². The van der Waals surface area contributed by atoms with Gasteiger partial charge in [0.1, 0.15) is 39.4 Å². The van der Waals surface area contributed by atoms with E-state index in [1.807, 2.05) is 31.2 Å². The lowest BCUT2D eigenvalue weighted by atomic mass is 10.2. The summed E-state index contributed by atoms with van der Waals surface area (Å²) in [6.45, 7) is 8.32. The van der Waals surface area contributed by atoms with Gasteiger partial charge in [-0.2, -0.15) is 0 Å². The van der Waals surface area contributed by atoms with E-state index in [1.54, 1.807) is 4.90 Å². The molecule has 0 bridgehead atoms. The van der Waals surface area contributed by atoms with Crippen molar-refractivity contribution in [1.82, 2.24) is 0 Å². The predicted molar refractivity (Wildman–Crippen MR) is 117 cm³/mol. The molecule has 1 saturated heterocycles. The molecule has 3 N–H and O–H groups in total. The largest absolute Gasteiger partial charge is 0.486 e. The van der Waals surface area contributed by atoms with Gasteiger partial charge in [0.05, 0.1) is 6.54 Å². The third kappa shape index (κ3) is 5.20. The number of hydrogen-bond donors (Lipinski definition) is 3. The van der Waals surface area contributed by atoms with E-state index in [0.29, 0.717) is 19.0 Å². The van der Waals surface area contributed by atoms with Gasteiger partial charge in [0, 0.05) is 11.8 Å². The summed E-state index contributed by atoms with van der Waals surface area (Å²) in [5, 5.41) is 3.04. The Morgan fingerprint density at radius 2 is 1.77 bits per heavy atom. The minimum atomic E-state index is -0.0837. The zero-order chi connectivity index (χ0) is 20.8. The molecule has 6 nitrogen and oxygen atoms in total. The molecule has 2 aromatic carbocycles. The maximum Gasteiger partial charge on any atom is 0.282 e. The van der Waals surface area contributed by atoms with E-state index in [2.05, 4.69) is 41.7 Å². The number of quaternary nitrogens is 2. The van der Waals surface area contributed by atoms with Crippen molar-refractivity contribution in [3.05, 3.63) is 60.2 Å².